The number of halogens is 1. The summed E-state index contributed by atoms with van der Waals surface area (Å²) in [5.41, 5.74) is 2.78. The summed E-state index contributed by atoms with van der Waals surface area (Å²) in [6.07, 6.45) is 9.35. The van der Waals surface area contributed by atoms with Crippen LogP contribution in [0, 0.1) is 23.6 Å². The lowest BCUT2D eigenvalue weighted by Gasteiger charge is -2.42. The third kappa shape index (κ3) is 3.90. The van der Waals surface area contributed by atoms with E-state index >= 15 is 0 Å². The van der Waals surface area contributed by atoms with Gasteiger partial charge in [-0.2, -0.15) is 0 Å². The molecule has 0 bridgehead atoms. The van der Waals surface area contributed by atoms with Gasteiger partial charge in [0.15, 0.2) is 0 Å². The highest BCUT2D eigenvalue weighted by Gasteiger charge is 2.35. The molecule has 2 fully saturated rings. The average molecular weight is 367 g/mol. The molecule has 0 aromatic heterocycles. The molecule has 4 unspecified atom stereocenters. The largest absolute Gasteiger partial charge is 0.497 e. The molecule has 0 amide bonds. The van der Waals surface area contributed by atoms with Gasteiger partial charge in [0.2, 0.25) is 0 Å². The SMILES string of the molecule is CCC1CCC2CC(c3ccc(-c4ccc(OC)cc4)c(F)c3)CCC2C1. The average Bonchev–Trinajstić information content (AvgIpc) is 2.73. The minimum atomic E-state index is -0.102. The van der Waals surface area contributed by atoms with Crippen molar-refractivity contribution in [2.45, 2.75) is 57.8 Å². The van der Waals surface area contributed by atoms with E-state index in [1.165, 1.54) is 50.5 Å². The van der Waals surface area contributed by atoms with E-state index in [4.69, 9.17) is 4.74 Å². The summed E-state index contributed by atoms with van der Waals surface area (Å²) in [5.74, 6) is 3.95. The van der Waals surface area contributed by atoms with E-state index in [-0.39, 0.29) is 5.82 Å². The van der Waals surface area contributed by atoms with Crippen molar-refractivity contribution in [3.63, 3.8) is 0 Å². The van der Waals surface area contributed by atoms with Crippen LogP contribution >= 0.6 is 0 Å². The minimum Gasteiger partial charge on any atom is -0.497 e. The molecular weight excluding hydrogens is 335 g/mol. The fourth-order valence-corrected chi connectivity index (χ4v) is 5.45. The Kier molecular flexibility index (Phi) is 5.52. The Hall–Kier alpha value is -1.83. The van der Waals surface area contributed by atoms with Crippen LogP contribution in [0.1, 0.15) is 63.4 Å². The Balaban J connectivity index is 1.48. The summed E-state index contributed by atoms with van der Waals surface area (Å²) in [4.78, 5) is 0. The van der Waals surface area contributed by atoms with Crippen molar-refractivity contribution in [3.05, 3.63) is 53.8 Å². The normalized spacial score (nSPS) is 27.8. The number of rotatable bonds is 4. The minimum absolute atomic E-state index is 0.102. The van der Waals surface area contributed by atoms with E-state index in [0.717, 1.165) is 29.1 Å². The summed E-state index contributed by atoms with van der Waals surface area (Å²) >= 11 is 0. The van der Waals surface area contributed by atoms with Gasteiger partial charge < -0.3 is 4.74 Å². The lowest BCUT2D eigenvalue weighted by molar-refractivity contribution is 0.116. The molecule has 2 heteroatoms. The third-order valence-corrected chi connectivity index (χ3v) is 7.16. The number of hydrogen-bond donors (Lipinski definition) is 0. The van der Waals surface area contributed by atoms with Crippen molar-refractivity contribution < 1.29 is 9.13 Å². The van der Waals surface area contributed by atoms with E-state index in [9.17, 15) is 4.39 Å². The zero-order valence-electron chi connectivity index (χ0n) is 16.6. The molecule has 4 atom stereocenters. The van der Waals surface area contributed by atoms with Gasteiger partial charge in [-0.05, 0) is 85.1 Å². The number of hydrogen-bond acceptors (Lipinski definition) is 1. The predicted octanol–water partition coefficient (Wildman–Crippen LogP) is 7.21. The maximum Gasteiger partial charge on any atom is 0.131 e. The van der Waals surface area contributed by atoms with E-state index in [0.29, 0.717) is 11.5 Å². The van der Waals surface area contributed by atoms with Crippen molar-refractivity contribution in [2.75, 3.05) is 7.11 Å². The Labute approximate surface area is 163 Å². The predicted molar refractivity (Wildman–Crippen MR) is 110 cm³/mol. The van der Waals surface area contributed by atoms with Crippen LogP contribution in [0.5, 0.6) is 5.75 Å². The van der Waals surface area contributed by atoms with Crippen LogP contribution in [-0.2, 0) is 0 Å². The van der Waals surface area contributed by atoms with Gasteiger partial charge >= 0.3 is 0 Å². The van der Waals surface area contributed by atoms with E-state index in [2.05, 4.69) is 13.0 Å². The van der Waals surface area contributed by atoms with Crippen LogP contribution in [0.4, 0.5) is 4.39 Å². The fourth-order valence-electron chi connectivity index (χ4n) is 5.45. The van der Waals surface area contributed by atoms with E-state index < -0.39 is 0 Å². The van der Waals surface area contributed by atoms with Crippen molar-refractivity contribution in [1.82, 2.24) is 0 Å². The molecule has 2 saturated carbocycles. The molecule has 4 rings (SSSR count). The van der Waals surface area contributed by atoms with Crippen LogP contribution in [0.2, 0.25) is 0 Å². The summed E-state index contributed by atoms with van der Waals surface area (Å²) in [5, 5.41) is 0. The second-order valence-corrected chi connectivity index (χ2v) is 8.59. The second-order valence-electron chi connectivity index (χ2n) is 8.59. The number of benzene rings is 2. The van der Waals surface area contributed by atoms with Crippen LogP contribution in [0.25, 0.3) is 11.1 Å². The molecule has 2 aromatic rings. The number of ether oxygens (including phenoxy) is 1. The monoisotopic (exact) mass is 366 g/mol. The lowest BCUT2D eigenvalue weighted by Crippen LogP contribution is -2.30. The highest BCUT2D eigenvalue weighted by Crippen LogP contribution is 2.48. The molecule has 144 valence electrons. The van der Waals surface area contributed by atoms with Crippen LogP contribution < -0.4 is 4.74 Å². The van der Waals surface area contributed by atoms with E-state index in [1.807, 2.05) is 30.3 Å². The van der Waals surface area contributed by atoms with Crippen molar-refractivity contribution >= 4 is 0 Å². The van der Waals surface area contributed by atoms with Crippen LogP contribution in [0.15, 0.2) is 42.5 Å². The summed E-state index contributed by atoms with van der Waals surface area (Å²) in [6, 6.07) is 13.5. The van der Waals surface area contributed by atoms with Crippen LogP contribution in [-0.4, -0.2) is 7.11 Å². The summed E-state index contributed by atoms with van der Waals surface area (Å²) < 4.78 is 20.1. The zero-order chi connectivity index (χ0) is 18.8. The maximum atomic E-state index is 14.9. The Morgan fingerprint density at radius 1 is 0.926 bits per heavy atom. The molecule has 2 aliphatic carbocycles. The Morgan fingerprint density at radius 2 is 1.67 bits per heavy atom. The summed E-state index contributed by atoms with van der Waals surface area (Å²) in [7, 11) is 1.65. The van der Waals surface area contributed by atoms with Gasteiger partial charge in [-0.3, -0.25) is 0 Å². The van der Waals surface area contributed by atoms with Crippen molar-refractivity contribution in [3.8, 4) is 16.9 Å². The second kappa shape index (κ2) is 8.04. The topological polar surface area (TPSA) is 9.23 Å². The quantitative estimate of drug-likeness (QED) is 0.555. The molecule has 2 aliphatic rings. The van der Waals surface area contributed by atoms with Gasteiger partial charge in [-0.25, -0.2) is 4.39 Å². The summed E-state index contributed by atoms with van der Waals surface area (Å²) in [6.45, 7) is 2.34. The third-order valence-electron chi connectivity index (χ3n) is 7.16. The first-order valence-electron chi connectivity index (χ1n) is 10.6. The Bertz CT molecular complexity index is 766. The first-order chi connectivity index (χ1) is 13.2. The number of fused-ring (bicyclic) bond motifs is 1. The number of methoxy groups -OCH3 is 1. The molecule has 0 aliphatic heterocycles. The smallest absolute Gasteiger partial charge is 0.131 e. The molecule has 0 radical (unpaired) electrons. The van der Waals surface area contributed by atoms with Crippen molar-refractivity contribution in [2.24, 2.45) is 17.8 Å². The van der Waals surface area contributed by atoms with Gasteiger partial charge in [-0.15, -0.1) is 0 Å². The standard InChI is InChI=1S/C25H31FO/c1-3-17-4-5-20-15-21(7-6-19(20)14-17)22-10-13-24(25(26)16-22)18-8-11-23(27-2)12-9-18/h8-13,16-17,19-21H,3-7,14-15H2,1-2H3. The van der Waals surface area contributed by atoms with Gasteiger partial charge in [0.05, 0.1) is 7.11 Å². The molecule has 1 nitrogen and oxygen atoms in total. The molecule has 0 spiro atoms. The Morgan fingerprint density at radius 3 is 2.37 bits per heavy atom. The van der Waals surface area contributed by atoms with Crippen molar-refractivity contribution in [1.29, 1.82) is 0 Å². The van der Waals surface area contributed by atoms with Gasteiger partial charge in [0.1, 0.15) is 11.6 Å². The maximum absolute atomic E-state index is 14.9. The van der Waals surface area contributed by atoms with Crippen LogP contribution in [0.3, 0.4) is 0 Å². The van der Waals surface area contributed by atoms with Gasteiger partial charge in [-0.1, -0.05) is 44.0 Å². The first kappa shape index (κ1) is 18.5. The molecular formula is C25H31FO. The molecule has 0 saturated heterocycles. The molecule has 27 heavy (non-hydrogen) atoms. The molecule has 2 aromatic carbocycles. The van der Waals surface area contributed by atoms with Gasteiger partial charge in [0, 0.05) is 5.56 Å². The highest BCUT2D eigenvalue weighted by atomic mass is 19.1. The lowest BCUT2D eigenvalue weighted by atomic mass is 9.63. The fraction of sp³-hybridized carbons (Fsp3) is 0.520. The van der Waals surface area contributed by atoms with Gasteiger partial charge in [0.25, 0.3) is 0 Å². The highest BCUT2D eigenvalue weighted by molar-refractivity contribution is 5.65. The first-order valence-corrected chi connectivity index (χ1v) is 10.6. The zero-order valence-corrected chi connectivity index (χ0v) is 16.6. The molecule has 0 heterocycles. The molecule has 0 N–H and O–H groups in total. The van der Waals surface area contributed by atoms with E-state index in [1.54, 1.807) is 13.2 Å².